The first-order valence-electron chi connectivity index (χ1n) is 5.13. The fraction of sp³-hybridized carbons (Fsp3) is 0. The van der Waals surface area contributed by atoms with Crippen molar-refractivity contribution in [3.05, 3.63) is 59.7 Å². The van der Waals surface area contributed by atoms with Crippen molar-refractivity contribution in [3.63, 3.8) is 0 Å². The number of carbonyl (C=O) groups excluding carboxylic acids is 1. The van der Waals surface area contributed by atoms with Gasteiger partial charge in [-0.15, -0.1) is 0 Å². The van der Waals surface area contributed by atoms with Gasteiger partial charge in [-0.3, -0.25) is 4.79 Å². The largest absolute Gasteiger partial charge is 0.482 e. The summed E-state index contributed by atoms with van der Waals surface area (Å²) in [5, 5.41) is 14.0. The van der Waals surface area contributed by atoms with Crippen LogP contribution in [-0.4, -0.2) is 23.5 Å². The SMILES string of the molecule is O=C1c2ccccc2-c2ccccc21.O[B]O. The molecule has 1 aliphatic carbocycles. The van der Waals surface area contributed by atoms with E-state index in [0.717, 1.165) is 22.3 Å². The lowest BCUT2D eigenvalue weighted by Gasteiger charge is -1.96. The van der Waals surface area contributed by atoms with Crippen LogP contribution in [0.15, 0.2) is 48.5 Å². The first kappa shape index (κ1) is 11.6. The van der Waals surface area contributed by atoms with Crippen LogP contribution in [0.4, 0.5) is 0 Å². The lowest BCUT2D eigenvalue weighted by Crippen LogP contribution is -1.93. The summed E-state index contributed by atoms with van der Waals surface area (Å²) in [6.07, 6.45) is 0. The summed E-state index contributed by atoms with van der Waals surface area (Å²) in [5.74, 6) is 0.149. The maximum Gasteiger partial charge on any atom is 0.482 e. The van der Waals surface area contributed by atoms with Gasteiger partial charge >= 0.3 is 7.69 Å². The molecule has 2 aromatic carbocycles. The van der Waals surface area contributed by atoms with Crippen molar-refractivity contribution >= 4 is 13.5 Å². The van der Waals surface area contributed by atoms with E-state index >= 15 is 0 Å². The van der Waals surface area contributed by atoms with Gasteiger partial charge in [0.1, 0.15) is 0 Å². The topological polar surface area (TPSA) is 57.5 Å². The molecule has 0 saturated heterocycles. The van der Waals surface area contributed by atoms with E-state index in [0.29, 0.717) is 0 Å². The number of hydrogen-bond acceptors (Lipinski definition) is 3. The van der Waals surface area contributed by atoms with Crippen LogP contribution >= 0.6 is 0 Å². The maximum atomic E-state index is 11.9. The summed E-state index contributed by atoms with van der Waals surface area (Å²) in [4.78, 5) is 11.9. The van der Waals surface area contributed by atoms with Gasteiger partial charge in [0.25, 0.3) is 0 Å². The number of ketones is 1. The van der Waals surface area contributed by atoms with E-state index in [1.54, 1.807) is 0 Å². The Morgan fingerprint density at radius 3 is 1.35 bits per heavy atom. The van der Waals surface area contributed by atoms with E-state index in [4.69, 9.17) is 10.0 Å². The molecule has 0 fully saturated rings. The lowest BCUT2D eigenvalue weighted by atomic mass is 10.1. The number of fused-ring (bicyclic) bond motifs is 3. The summed E-state index contributed by atoms with van der Waals surface area (Å²) in [7, 11) is 0. The van der Waals surface area contributed by atoms with E-state index < -0.39 is 0 Å². The van der Waals surface area contributed by atoms with Crippen molar-refractivity contribution in [2.45, 2.75) is 0 Å². The second kappa shape index (κ2) is 4.95. The van der Waals surface area contributed by atoms with Crippen molar-refractivity contribution in [1.82, 2.24) is 0 Å². The van der Waals surface area contributed by atoms with Gasteiger partial charge < -0.3 is 10.0 Å². The van der Waals surface area contributed by atoms with Gasteiger partial charge in [0, 0.05) is 11.1 Å². The highest BCUT2D eigenvalue weighted by atomic mass is 16.4. The molecule has 0 bridgehead atoms. The van der Waals surface area contributed by atoms with E-state index in [1.807, 2.05) is 48.5 Å². The maximum absolute atomic E-state index is 11.9. The minimum atomic E-state index is 0. The second-order valence-electron chi connectivity index (χ2n) is 3.54. The average Bonchev–Trinajstić information content (AvgIpc) is 2.66. The summed E-state index contributed by atoms with van der Waals surface area (Å²) < 4.78 is 0. The zero-order valence-corrected chi connectivity index (χ0v) is 9.00. The van der Waals surface area contributed by atoms with Crippen LogP contribution in [0.5, 0.6) is 0 Å². The average molecular weight is 225 g/mol. The molecule has 0 atom stereocenters. The Kier molecular flexibility index (Phi) is 3.37. The molecule has 83 valence electrons. The van der Waals surface area contributed by atoms with Gasteiger partial charge in [0.2, 0.25) is 0 Å². The third-order valence-corrected chi connectivity index (χ3v) is 2.63. The molecular formula is C13H10BO3. The Bertz CT molecular complexity index is 504. The van der Waals surface area contributed by atoms with Crippen LogP contribution < -0.4 is 0 Å². The van der Waals surface area contributed by atoms with Crippen LogP contribution in [0.1, 0.15) is 15.9 Å². The standard InChI is InChI=1S/C13H8O.BH2O2/c14-13-11-7-3-1-5-9(11)10-6-2-4-8-12(10)13;2-1-3/h1-8H;2-3H. The first-order valence-corrected chi connectivity index (χ1v) is 5.13. The van der Waals surface area contributed by atoms with Crippen molar-refractivity contribution in [2.75, 3.05) is 0 Å². The van der Waals surface area contributed by atoms with Gasteiger partial charge in [-0.1, -0.05) is 48.5 Å². The molecule has 3 nitrogen and oxygen atoms in total. The number of rotatable bonds is 0. The van der Waals surface area contributed by atoms with Crippen molar-refractivity contribution in [1.29, 1.82) is 0 Å². The Morgan fingerprint density at radius 1 is 0.706 bits per heavy atom. The predicted molar refractivity (Wildman–Crippen MR) is 65.5 cm³/mol. The number of benzene rings is 2. The third kappa shape index (κ3) is 2.00. The number of carbonyl (C=O) groups is 1. The van der Waals surface area contributed by atoms with Crippen LogP contribution in [-0.2, 0) is 0 Å². The van der Waals surface area contributed by atoms with Gasteiger partial charge in [-0.25, -0.2) is 0 Å². The molecule has 0 saturated carbocycles. The smallest absolute Gasteiger partial charge is 0.429 e. The molecule has 2 aromatic rings. The molecule has 0 aliphatic heterocycles. The highest BCUT2D eigenvalue weighted by Crippen LogP contribution is 2.35. The normalized spacial score (nSPS) is 11.1. The molecule has 1 aliphatic rings. The van der Waals surface area contributed by atoms with Crippen molar-refractivity contribution in [3.8, 4) is 11.1 Å². The molecule has 2 N–H and O–H groups in total. The Balaban J connectivity index is 0.000000329. The minimum Gasteiger partial charge on any atom is -0.429 e. The molecule has 0 unspecified atom stereocenters. The summed E-state index contributed by atoms with van der Waals surface area (Å²) >= 11 is 0. The van der Waals surface area contributed by atoms with Gasteiger partial charge in [-0.05, 0) is 11.1 Å². The Morgan fingerprint density at radius 2 is 1.00 bits per heavy atom. The molecular weight excluding hydrogens is 215 g/mol. The van der Waals surface area contributed by atoms with Gasteiger partial charge in [-0.2, -0.15) is 0 Å². The van der Waals surface area contributed by atoms with Crippen LogP contribution in [0.3, 0.4) is 0 Å². The summed E-state index contributed by atoms with van der Waals surface area (Å²) in [6.45, 7) is 0. The molecule has 17 heavy (non-hydrogen) atoms. The quantitative estimate of drug-likeness (QED) is 0.568. The lowest BCUT2D eigenvalue weighted by molar-refractivity contribution is 0.104. The Hall–Kier alpha value is -1.91. The highest BCUT2D eigenvalue weighted by Gasteiger charge is 2.24. The fourth-order valence-corrected chi connectivity index (χ4v) is 1.98. The fourth-order valence-electron chi connectivity index (χ4n) is 1.98. The van der Waals surface area contributed by atoms with Gasteiger partial charge in [0.15, 0.2) is 5.78 Å². The monoisotopic (exact) mass is 225 g/mol. The highest BCUT2D eigenvalue weighted by molar-refractivity contribution is 6.21. The zero-order chi connectivity index (χ0) is 12.3. The second-order valence-corrected chi connectivity index (χ2v) is 3.54. The zero-order valence-electron chi connectivity index (χ0n) is 9.00. The van der Waals surface area contributed by atoms with Crippen molar-refractivity contribution < 1.29 is 14.8 Å². The Labute approximate surface area is 99.7 Å². The van der Waals surface area contributed by atoms with Crippen LogP contribution in [0.25, 0.3) is 11.1 Å². The molecule has 4 heteroatoms. The van der Waals surface area contributed by atoms with Gasteiger partial charge in [0.05, 0.1) is 0 Å². The number of hydrogen-bond donors (Lipinski definition) is 2. The summed E-state index contributed by atoms with van der Waals surface area (Å²) in [6, 6.07) is 15.5. The third-order valence-electron chi connectivity index (χ3n) is 2.63. The van der Waals surface area contributed by atoms with E-state index in [-0.39, 0.29) is 13.5 Å². The van der Waals surface area contributed by atoms with E-state index in [2.05, 4.69) is 0 Å². The molecule has 1 radical (unpaired) electrons. The van der Waals surface area contributed by atoms with Crippen LogP contribution in [0.2, 0.25) is 0 Å². The first-order chi connectivity index (χ1) is 8.29. The van der Waals surface area contributed by atoms with Crippen LogP contribution in [0, 0.1) is 0 Å². The van der Waals surface area contributed by atoms with E-state index in [1.165, 1.54) is 0 Å². The minimum absolute atomic E-state index is 0. The predicted octanol–water partition coefficient (Wildman–Crippen LogP) is 1.40. The molecule has 0 spiro atoms. The summed E-state index contributed by atoms with van der Waals surface area (Å²) in [5.41, 5.74) is 3.78. The van der Waals surface area contributed by atoms with E-state index in [9.17, 15) is 4.79 Å². The molecule has 0 heterocycles. The molecule has 3 rings (SSSR count). The molecule has 0 amide bonds. The molecule has 0 aromatic heterocycles. The van der Waals surface area contributed by atoms with Crippen molar-refractivity contribution in [2.24, 2.45) is 0 Å².